The van der Waals surface area contributed by atoms with Crippen LogP contribution in [0.2, 0.25) is 0 Å². The lowest BCUT2D eigenvalue weighted by molar-refractivity contribution is 0.0917. The molecule has 0 saturated heterocycles. The van der Waals surface area contributed by atoms with E-state index in [9.17, 15) is 9.18 Å². The van der Waals surface area contributed by atoms with Crippen molar-refractivity contribution in [2.75, 3.05) is 0 Å². The van der Waals surface area contributed by atoms with Crippen LogP contribution < -0.4 is 5.32 Å². The van der Waals surface area contributed by atoms with E-state index < -0.39 is 5.95 Å². The highest BCUT2D eigenvalue weighted by Gasteiger charge is 2.49. The Kier molecular flexibility index (Phi) is 2.81. The van der Waals surface area contributed by atoms with Gasteiger partial charge in [-0.05, 0) is 48.9 Å². The van der Waals surface area contributed by atoms with Crippen LogP contribution in [0.15, 0.2) is 30.6 Å². The number of carbonyl (C=O) groups excluding carboxylic acids is 1. The zero-order chi connectivity index (χ0) is 18.2. The molecular weight excluding hydrogens is 343 g/mol. The summed E-state index contributed by atoms with van der Waals surface area (Å²) in [4.78, 5) is 24.4. The first-order valence-corrected chi connectivity index (χ1v) is 9.29. The summed E-state index contributed by atoms with van der Waals surface area (Å²) >= 11 is 0. The highest BCUT2D eigenvalue weighted by molar-refractivity contribution is 6.01. The number of nitrogens with one attached hydrogen (secondary N) is 2. The molecule has 2 N–H and O–H groups in total. The molecule has 1 amide bonds. The van der Waals surface area contributed by atoms with Crippen LogP contribution in [0.5, 0.6) is 0 Å². The van der Waals surface area contributed by atoms with Crippen molar-refractivity contribution in [3.05, 3.63) is 58.9 Å². The molecule has 1 spiro atoms. The minimum Gasteiger partial charge on any atom is -0.357 e. The molecule has 1 aliphatic heterocycles. The summed E-state index contributed by atoms with van der Waals surface area (Å²) in [6.07, 6.45) is 7.99. The van der Waals surface area contributed by atoms with Gasteiger partial charge in [-0.3, -0.25) is 9.78 Å². The lowest BCUT2D eigenvalue weighted by Gasteiger charge is -2.24. The van der Waals surface area contributed by atoms with Gasteiger partial charge in [0.2, 0.25) is 5.95 Å². The average Bonchev–Trinajstić information content (AvgIpc) is 3.28. The van der Waals surface area contributed by atoms with Crippen molar-refractivity contribution in [1.82, 2.24) is 20.3 Å². The molecule has 3 aliphatic rings. The highest BCUT2D eigenvalue weighted by atomic mass is 19.1. The van der Waals surface area contributed by atoms with Gasteiger partial charge in [-0.15, -0.1) is 0 Å². The van der Waals surface area contributed by atoms with Gasteiger partial charge in [0.15, 0.2) is 0 Å². The third-order valence-corrected chi connectivity index (χ3v) is 6.08. The Balaban J connectivity index is 1.50. The molecule has 1 saturated carbocycles. The van der Waals surface area contributed by atoms with Gasteiger partial charge in [0, 0.05) is 47.2 Å². The fourth-order valence-corrected chi connectivity index (χ4v) is 4.52. The molecule has 3 aromatic heterocycles. The number of carbonyl (C=O) groups is 1. The average molecular weight is 360 g/mol. The molecular formula is C21H17FN4O. The van der Waals surface area contributed by atoms with Gasteiger partial charge in [-0.25, -0.2) is 4.98 Å². The third kappa shape index (κ3) is 2.19. The van der Waals surface area contributed by atoms with Crippen LogP contribution in [0, 0.1) is 5.95 Å². The quantitative estimate of drug-likeness (QED) is 0.655. The van der Waals surface area contributed by atoms with Crippen molar-refractivity contribution >= 4 is 5.91 Å². The maximum absolute atomic E-state index is 13.5. The number of aromatic nitrogens is 3. The smallest absolute Gasteiger partial charge is 0.253 e. The first-order chi connectivity index (χ1) is 13.1. The Labute approximate surface area is 155 Å². The number of nitrogens with zero attached hydrogens (tertiary/aromatic N) is 2. The molecule has 3 aromatic rings. The molecule has 0 unspecified atom stereocenters. The van der Waals surface area contributed by atoms with E-state index in [2.05, 4.69) is 20.3 Å². The third-order valence-electron chi connectivity index (χ3n) is 6.08. The Bertz CT molecular complexity index is 1130. The topological polar surface area (TPSA) is 70.7 Å². The molecule has 0 atom stereocenters. The minimum absolute atomic E-state index is 0.0155. The summed E-state index contributed by atoms with van der Waals surface area (Å²) in [7, 11) is 0. The van der Waals surface area contributed by atoms with E-state index in [4.69, 9.17) is 0 Å². The van der Waals surface area contributed by atoms with Crippen LogP contribution in [0.25, 0.3) is 22.5 Å². The van der Waals surface area contributed by atoms with Crippen LogP contribution in [-0.4, -0.2) is 26.4 Å². The maximum atomic E-state index is 13.5. The monoisotopic (exact) mass is 360 g/mol. The standard InChI is InChI=1S/C21H17FN4O/c22-17-7-11(3-6-23-17)15-8-14-12(10-24-15)1-2-13-18-16(25-19(13)14)9-21(4-5-21)26-20(18)27/h3,6-8,10,25H,1-2,4-5,9H2,(H,26,27). The second-order valence-electron chi connectivity index (χ2n) is 7.84. The fraction of sp³-hybridized carbons (Fsp3) is 0.286. The van der Waals surface area contributed by atoms with Gasteiger partial charge < -0.3 is 10.3 Å². The van der Waals surface area contributed by atoms with Gasteiger partial charge >= 0.3 is 0 Å². The molecule has 0 radical (unpaired) electrons. The largest absolute Gasteiger partial charge is 0.357 e. The maximum Gasteiger partial charge on any atom is 0.253 e. The van der Waals surface area contributed by atoms with E-state index in [1.54, 1.807) is 6.07 Å². The van der Waals surface area contributed by atoms with E-state index in [-0.39, 0.29) is 11.4 Å². The minimum atomic E-state index is -0.519. The summed E-state index contributed by atoms with van der Waals surface area (Å²) in [5.74, 6) is -0.463. The van der Waals surface area contributed by atoms with E-state index in [1.807, 2.05) is 12.3 Å². The first kappa shape index (κ1) is 15.1. The van der Waals surface area contributed by atoms with Crippen LogP contribution in [0.1, 0.15) is 40.0 Å². The number of rotatable bonds is 1. The van der Waals surface area contributed by atoms with Crippen LogP contribution in [0.4, 0.5) is 4.39 Å². The molecule has 5 nitrogen and oxygen atoms in total. The van der Waals surface area contributed by atoms with Crippen LogP contribution in [0.3, 0.4) is 0 Å². The summed E-state index contributed by atoms with van der Waals surface area (Å²) < 4.78 is 13.5. The zero-order valence-corrected chi connectivity index (χ0v) is 14.6. The first-order valence-electron chi connectivity index (χ1n) is 9.29. The Morgan fingerprint density at radius 1 is 1.15 bits per heavy atom. The molecule has 6 heteroatoms. The summed E-state index contributed by atoms with van der Waals surface area (Å²) in [6.45, 7) is 0. The van der Waals surface area contributed by atoms with Crippen molar-refractivity contribution in [3.63, 3.8) is 0 Å². The number of halogens is 1. The second kappa shape index (κ2) is 5.03. The normalized spacial score (nSPS) is 18.5. The van der Waals surface area contributed by atoms with Crippen molar-refractivity contribution < 1.29 is 9.18 Å². The lowest BCUT2D eigenvalue weighted by Crippen LogP contribution is -2.43. The van der Waals surface area contributed by atoms with Crippen molar-refractivity contribution in [2.24, 2.45) is 0 Å². The molecule has 1 fully saturated rings. The van der Waals surface area contributed by atoms with Crippen LogP contribution in [-0.2, 0) is 19.3 Å². The van der Waals surface area contributed by atoms with E-state index in [0.29, 0.717) is 11.3 Å². The van der Waals surface area contributed by atoms with Crippen LogP contribution >= 0.6 is 0 Å². The molecule has 2 aliphatic carbocycles. The predicted octanol–water partition coefficient (Wildman–Crippen LogP) is 3.19. The molecule has 27 heavy (non-hydrogen) atoms. The van der Waals surface area contributed by atoms with Gasteiger partial charge in [-0.2, -0.15) is 4.39 Å². The van der Waals surface area contributed by atoms with Gasteiger partial charge in [0.05, 0.1) is 17.0 Å². The second-order valence-corrected chi connectivity index (χ2v) is 7.84. The Morgan fingerprint density at radius 2 is 2.04 bits per heavy atom. The lowest BCUT2D eigenvalue weighted by atomic mass is 9.87. The van der Waals surface area contributed by atoms with Gasteiger partial charge in [0.1, 0.15) is 0 Å². The predicted molar refractivity (Wildman–Crippen MR) is 97.8 cm³/mol. The molecule has 134 valence electrons. The summed E-state index contributed by atoms with van der Waals surface area (Å²) in [5.41, 5.74) is 7.62. The number of aromatic amines is 1. The number of fused-ring (bicyclic) bond motifs is 5. The van der Waals surface area contributed by atoms with E-state index in [1.165, 1.54) is 12.3 Å². The van der Waals surface area contributed by atoms with E-state index >= 15 is 0 Å². The molecule has 4 heterocycles. The molecule has 0 bridgehead atoms. The number of hydrogen-bond acceptors (Lipinski definition) is 3. The summed E-state index contributed by atoms with van der Waals surface area (Å²) in [6, 6.07) is 5.14. The van der Waals surface area contributed by atoms with Crippen molar-refractivity contribution in [3.8, 4) is 22.5 Å². The number of hydrogen-bond donors (Lipinski definition) is 2. The highest BCUT2D eigenvalue weighted by Crippen LogP contribution is 2.45. The zero-order valence-electron chi connectivity index (χ0n) is 14.6. The van der Waals surface area contributed by atoms with Gasteiger partial charge in [0.25, 0.3) is 5.91 Å². The number of amides is 1. The number of aryl methyl sites for hydroxylation is 1. The number of pyridine rings is 2. The SMILES string of the molecule is O=C1NC2(CC2)Cc2[nH]c3c(c21)CCc1cnc(-c2ccnc(F)c2)cc1-3. The van der Waals surface area contributed by atoms with Crippen molar-refractivity contribution in [2.45, 2.75) is 37.6 Å². The Hall–Kier alpha value is -3.02. The fourth-order valence-electron chi connectivity index (χ4n) is 4.52. The number of H-pyrrole nitrogens is 1. The van der Waals surface area contributed by atoms with Crippen molar-refractivity contribution in [1.29, 1.82) is 0 Å². The summed E-state index contributed by atoms with van der Waals surface area (Å²) in [5, 5.41) is 3.21. The van der Waals surface area contributed by atoms with E-state index in [0.717, 1.165) is 65.7 Å². The van der Waals surface area contributed by atoms with Gasteiger partial charge in [-0.1, -0.05) is 0 Å². The Morgan fingerprint density at radius 3 is 2.85 bits per heavy atom. The molecule has 0 aromatic carbocycles. The molecule has 6 rings (SSSR count).